The number of hydrogen-bond donors (Lipinski definition) is 1. The fraction of sp³-hybridized carbons (Fsp3) is 0.250. The van der Waals surface area contributed by atoms with Crippen molar-refractivity contribution in [1.82, 2.24) is 4.72 Å². The largest absolute Gasteiger partial charge is 0.497 e. The Morgan fingerprint density at radius 3 is 2.38 bits per heavy atom. The molecule has 5 nitrogen and oxygen atoms in total. The Morgan fingerprint density at radius 2 is 1.75 bits per heavy atom. The topological polar surface area (TPSA) is 64.6 Å². The predicted octanol–water partition coefficient (Wildman–Crippen LogP) is 4.05. The van der Waals surface area contributed by atoms with E-state index in [4.69, 9.17) is 32.7 Å². The molecular weight excluding hydrogens is 373 g/mol. The summed E-state index contributed by atoms with van der Waals surface area (Å²) in [4.78, 5) is -0.0784. The number of benzene rings is 2. The predicted molar refractivity (Wildman–Crippen MR) is 94.7 cm³/mol. The molecule has 1 N–H and O–H groups in total. The summed E-state index contributed by atoms with van der Waals surface area (Å²) in [5, 5.41) is 0.378. The first-order valence-corrected chi connectivity index (χ1v) is 9.21. The van der Waals surface area contributed by atoms with Crippen LogP contribution in [0.25, 0.3) is 0 Å². The van der Waals surface area contributed by atoms with Gasteiger partial charge in [-0.2, -0.15) is 0 Å². The summed E-state index contributed by atoms with van der Waals surface area (Å²) in [5.41, 5.74) is 0.638. The normalized spacial score (nSPS) is 12.7. The molecule has 0 radical (unpaired) electrons. The minimum absolute atomic E-state index is 0.0784. The lowest BCUT2D eigenvalue weighted by Crippen LogP contribution is -2.27. The summed E-state index contributed by atoms with van der Waals surface area (Å²) in [6, 6.07) is 8.86. The van der Waals surface area contributed by atoms with Gasteiger partial charge in [-0.3, -0.25) is 0 Å². The summed E-state index contributed by atoms with van der Waals surface area (Å²) < 4.78 is 38.3. The number of methoxy groups -OCH3 is 2. The molecule has 130 valence electrons. The average Bonchev–Trinajstić information content (AvgIpc) is 2.55. The summed E-state index contributed by atoms with van der Waals surface area (Å²) in [7, 11) is -0.820. The minimum atomic E-state index is -3.87. The van der Waals surface area contributed by atoms with Crippen molar-refractivity contribution in [2.75, 3.05) is 14.2 Å². The van der Waals surface area contributed by atoms with Crippen molar-refractivity contribution in [2.45, 2.75) is 17.9 Å². The third kappa shape index (κ3) is 4.13. The van der Waals surface area contributed by atoms with Crippen molar-refractivity contribution in [2.24, 2.45) is 0 Å². The number of ether oxygens (including phenoxy) is 2. The number of sulfonamides is 1. The lowest BCUT2D eigenvalue weighted by atomic mass is 10.1. The van der Waals surface area contributed by atoms with Crippen molar-refractivity contribution < 1.29 is 17.9 Å². The van der Waals surface area contributed by atoms with Gasteiger partial charge in [0.1, 0.15) is 16.4 Å². The lowest BCUT2D eigenvalue weighted by Gasteiger charge is -2.18. The Morgan fingerprint density at radius 1 is 1.04 bits per heavy atom. The maximum atomic E-state index is 12.6. The molecular formula is C16H17Cl2NO4S. The SMILES string of the molecule is COc1ccc(OC)c([C@H](C)NS(=O)(=O)c2cc(Cl)ccc2Cl)c1. The van der Waals surface area contributed by atoms with Crippen LogP contribution in [0.4, 0.5) is 0 Å². The highest BCUT2D eigenvalue weighted by molar-refractivity contribution is 7.89. The van der Waals surface area contributed by atoms with Crippen LogP contribution >= 0.6 is 23.2 Å². The number of rotatable bonds is 6. The quantitative estimate of drug-likeness (QED) is 0.808. The van der Waals surface area contributed by atoms with Crippen LogP contribution in [0.1, 0.15) is 18.5 Å². The number of nitrogens with one attached hydrogen (secondary N) is 1. The fourth-order valence-corrected chi connectivity index (χ4v) is 4.21. The molecule has 8 heteroatoms. The lowest BCUT2D eigenvalue weighted by molar-refractivity contribution is 0.395. The van der Waals surface area contributed by atoms with E-state index in [0.717, 1.165) is 0 Å². The molecule has 0 aliphatic rings. The van der Waals surface area contributed by atoms with Gasteiger partial charge < -0.3 is 9.47 Å². The first-order valence-electron chi connectivity index (χ1n) is 6.98. The summed E-state index contributed by atoms with van der Waals surface area (Å²) in [6.07, 6.45) is 0. The van der Waals surface area contributed by atoms with E-state index in [9.17, 15) is 8.42 Å². The molecule has 0 saturated heterocycles. The van der Waals surface area contributed by atoms with Crippen LogP contribution in [0.15, 0.2) is 41.3 Å². The van der Waals surface area contributed by atoms with Gasteiger partial charge in [0.15, 0.2) is 0 Å². The van der Waals surface area contributed by atoms with Gasteiger partial charge in [-0.1, -0.05) is 23.2 Å². The zero-order valence-electron chi connectivity index (χ0n) is 13.3. The molecule has 0 aliphatic carbocycles. The molecule has 1 atom stereocenters. The molecule has 0 fully saturated rings. The Balaban J connectivity index is 2.38. The highest BCUT2D eigenvalue weighted by Crippen LogP contribution is 2.31. The highest BCUT2D eigenvalue weighted by Gasteiger charge is 2.23. The van der Waals surface area contributed by atoms with Crippen molar-refractivity contribution in [3.8, 4) is 11.5 Å². The second-order valence-electron chi connectivity index (χ2n) is 5.03. The zero-order chi connectivity index (χ0) is 17.9. The van der Waals surface area contributed by atoms with E-state index >= 15 is 0 Å². The maximum Gasteiger partial charge on any atom is 0.242 e. The van der Waals surface area contributed by atoms with Crippen LogP contribution in [0, 0.1) is 0 Å². The Kier molecular flexibility index (Phi) is 5.98. The first kappa shape index (κ1) is 18.9. The van der Waals surface area contributed by atoms with E-state index in [0.29, 0.717) is 17.1 Å². The molecule has 0 aliphatic heterocycles. The van der Waals surface area contributed by atoms with Gasteiger partial charge in [0, 0.05) is 16.6 Å². The second-order valence-corrected chi connectivity index (χ2v) is 7.55. The van der Waals surface area contributed by atoms with Gasteiger partial charge in [-0.15, -0.1) is 0 Å². The summed E-state index contributed by atoms with van der Waals surface area (Å²) >= 11 is 11.9. The second kappa shape index (κ2) is 7.61. The molecule has 0 amide bonds. The molecule has 0 heterocycles. The van der Waals surface area contributed by atoms with Gasteiger partial charge in [-0.25, -0.2) is 13.1 Å². The Bertz CT molecular complexity index is 840. The van der Waals surface area contributed by atoms with Gasteiger partial charge in [-0.05, 0) is 43.3 Å². The molecule has 0 saturated carbocycles. The zero-order valence-corrected chi connectivity index (χ0v) is 15.7. The van der Waals surface area contributed by atoms with E-state index in [1.54, 1.807) is 25.1 Å². The smallest absolute Gasteiger partial charge is 0.242 e. The summed E-state index contributed by atoms with van der Waals surface area (Å²) in [6.45, 7) is 1.70. The molecule has 2 aromatic carbocycles. The molecule has 0 unspecified atom stereocenters. The van der Waals surface area contributed by atoms with E-state index in [1.807, 2.05) is 0 Å². The van der Waals surface area contributed by atoms with Crippen LogP contribution in [-0.4, -0.2) is 22.6 Å². The van der Waals surface area contributed by atoms with E-state index < -0.39 is 16.1 Å². The molecule has 2 rings (SSSR count). The van der Waals surface area contributed by atoms with Crippen LogP contribution in [-0.2, 0) is 10.0 Å². The Labute approximate surface area is 151 Å². The van der Waals surface area contributed by atoms with Crippen LogP contribution in [0.5, 0.6) is 11.5 Å². The summed E-state index contributed by atoms with van der Waals surface area (Å²) in [5.74, 6) is 1.14. The van der Waals surface area contributed by atoms with Crippen molar-refractivity contribution in [3.63, 3.8) is 0 Å². The van der Waals surface area contributed by atoms with E-state index in [-0.39, 0.29) is 14.9 Å². The van der Waals surface area contributed by atoms with Gasteiger partial charge in [0.05, 0.1) is 19.2 Å². The van der Waals surface area contributed by atoms with E-state index in [1.165, 1.54) is 32.4 Å². The molecule has 0 spiro atoms. The number of hydrogen-bond acceptors (Lipinski definition) is 4. The van der Waals surface area contributed by atoms with Gasteiger partial charge in [0.25, 0.3) is 0 Å². The average molecular weight is 390 g/mol. The minimum Gasteiger partial charge on any atom is -0.497 e. The third-order valence-electron chi connectivity index (χ3n) is 3.42. The van der Waals surface area contributed by atoms with E-state index in [2.05, 4.69) is 4.72 Å². The highest BCUT2D eigenvalue weighted by atomic mass is 35.5. The Hall–Kier alpha value is -1.47. The van der Waals surface area contributed by atoms with Crippen molar-refractivity contribution >= 4 is 33.2 Å². The standard InChI is InChI=1S/C16H17Cl2NO4S/c1-10(13-9-12(22-2)5-7-15(13)23-3)19-24(20,21)16-8-11(17)4-6-14(16)18/h4-10,19H,1-3H3/t10-/m0/s1. The molecule has 24 heavy (non-hydrogen) atoms. The third-order valence-corrected chi connectivity index (χ3v) is 5.68. The monoisotopic (exact) mass is 389 g/mol. The first-order chi connectivity index (χ1) is 11.3. The van der Waals surface area contributed by atoms with Crippen LogP contribution < -0.4 is 14.2 Å². The van der Waals surface area contributed by atoms with Crippen LogP contribution in [0.2, 0.25) is 10.0 Å². The van der Waals surface area contributed by atoms with Gasteiger partial charge >= 0.3 is 0 Å². The van der Waals surface area contributed by atoms with Crippen LogP contribution in [0.3, 0.4) is 0 Å². The molecule has 0 bridgehead atoms. The molecule has 0 aromatic heterocycles. The van der Waals surface area contributed by atoms with Crippen molar-refractivity contribution in [3.05, 3.63) is 52.0 Å². The van der Waals surface area contributed by atoms with Crippen molar-refractivity contribution in [1.29, 1.82) is 0 Å². The number of halogens is 2. The van der Waals surface area contributed by atoms with Gasteiger partial charge in [0.2, 0.25) is 10.0 Å². The molecule has 2 aromatic rings. The maximum absolute atomic E-state index is 12.6. The fourth-order valence-electron chi connectivity index (χ4n) is 2.22.